The Balaban J connectivity index is 1.44. The largest absolute Gasteiger partial charge is 0.477 e. The second-order valence-electron chi connectivity index (χ2n) is 9.12. The summed E-state index contributed by atoms with van der Waals surface area (Å²) in [5, 5.41) is 12.9. The summed E-state index contributed by atoms with van der Waals surface area (Å²) in [5.74, 6) is -0.957. The van der Waals surface area contributed by atoms with Crippen molar-refractivity contribution in [3.8, 4) is 5.69 Å². The van der Waals surface area contributed by atoms with Crippen LogP contribution in [0.5, 0.6) is 0 Å². The quantitative estimate of drug-likeness (QED) is 0.383. The van der Waals surface area contributed by atoms with Crippen LogP contribution in [0.2, 0.25) is 0 Å². The number of aromatic carboxylic acids is 1. The fraction of sp³-hybridized carbons (Fsp3) is 0.286. The molecule has 1 fully saturated rings. The van der Waals surface area contributed by atoms with E-state index in [0.717, 1.165) is 30.6 Å². The van der Waals surface area contributed by atoms with Gasteiger partial charge in [0, 0.05) is 30.3 Å². The summed E-state index contributed by atoms with van der Waals surface area (Å²) in [5.41, 5.74) is 3.40. The van der Waals surface area contributed by atoms with Crippen molar-refractivity contribution < 1.29 is 9.90 Å². The highest BCUT2D eigenvalue weighted by Gasteiger charge is 2.17. The van der Waals surface area contributed by atoms with Crippen LogP contribution in [0.25, 0.3) is 16.7 Å². The molecule has 1 aliphatic heterocycles. The topological polar surface area (TPSA) is 100 Å². The Morgan fingerprint density at radius 1 is 1.03 bits per heavy atom. The fourth-order valence-corrected chi connectivity index (χ4v) is 4.59. The Labute approximate surface area is 209 Å². The van der Waals surface area contributed by atoms with Gasteiger partial charge in [-0.2, -0.15) is 4.98 Å². The zero-order chi connectivity index (χ0) is 25.1. The molecule has 184 valence electrons. The number of fused-ring (bicyclic) bond motifs is 1. The van der Waals surface area contributed by atoms with Gasteiger partial charge in [0.05, 0.1) is 5.39 Å². The molecule has 0 atom stereocenters. The maximum atomic E-state index is 12.8. The van der Waals surface area contributed by atoms with Crippen molar-refractivity contribution in [3.05, 3.63) is 87.8 Å². The number of rotatable bonds is 8. The Kier molecular flexibility index (Phi) is 6.77. The molecule has 0 aliphatic carbocycles. The summed E-state index contributed by atoms with van der Waals surface area (Å²) < 4.78 is 1.63. The minimum atomic E-state index is -1.28. The van der Waals surface area contributed by atoms with Crippen molar-refractivity contribution in [2.75, 3.05) is 25.0 Å². The molecule has 0 amide bonds. The molecule has 1 saturated heterocycles. The van der Waals surface area contributed by atoms with Crippen molar-refractivity contribution in [2.24, 2.45) is 0 Å². The molecule has 36 heavy (non-hydrogen) atoms. The van der Waals surface area contributed by atoms with Crippen molar-refractivity contribution in [1.82, 2.24) is 19.4 Å². The number of nitrogens with zero attached hydrogens (tertiary/aromatic N) is 4. The molecule has 8 heteroatoms. The second kappa shape index (κ2) is 10.3. The molecule has 2 N–H and O–H groups in total. The molecule has 0 bridgehead atoms. The smallest absolute Gasteiger partial charge is 0.341 e. The average molecular weight is 484 g/mol. The molecule has 2 aromatic heterocycles. The van der Waals surface area contributed by atoms with Gasteiger partial charge in [0.25, 0.3) is 0 Å². The summed E-state index contributed by atoms with van der Waals surface area (Å²) >= 11 is 0. The van der Waals surface area contributed by atoms with E-state index in [4.69, 9.17) is 0 Å². The summed E-state index contributed by atoms with van der Waals surface area (Å²) in [7, 11) is 0. The number of aryl methyl sites for hydroxylation is 1. The van der Waals surface area contributed by atoms with Crippen LogP contribution in [0.3, 0.4) is 0 Å². The number of benzene rings is 2. The van der Waals surface area contributed by atoms with Gasteiger partial charge >= 0.3 is 5.97 Å². The van der Waals surface area contributed by atoms with Crippen LogP contribution >= 0.6 is 0 Å². The lowest BCUT2D eigenvalue weighted by Crippen LogP contribution is -2.21. The number of hydrogen-bond acceptors (Lipinski definition) is 6. The summed E-state index contributed by atoms with van der Waals surface area (Å²) in [6.07, 6.45) is 7.22. The Morgan fingerprint density at radius 3 is 2.39 bits per heavy atom. The SMILES string of the molecule is CCc1ccc(-n2cc(C(=O)O)c(=O)c3cnc(Nc4ccc(CCN5CCCC5)cc4)nc32)cc1. The standard InChI is InChI=1S/C28H29N5O3/c1-2-19-7-11-22(12-8-19)33-18-24(27(35)36)25(34)23-17-29-28(31-26(23)33)30-21-9-5-20(6-10-21)13-16-32-14-3-4-15-32/h5-12,17-18H,2-4,13-16H2,1H3,(H,35,36)(H,29,30,31). The third kappa shape index (κ3) is 4.99. The predicted octanol–water partition coefficient (Wildman–Crippen LogP) is 4.42. The normalized spacial score (nSPS) is 13.8. The van der Waals surface area contributed by atoms with Gasteiger partial charge in [-0.15, -0.1) is 0 Å². The van der Waals surface area contributed by atoms with Gasteiger partial charge in [-0.1, -0.05) is 31.2 Å². The highest BCUT2D eigenvalue weighted by molar-refractivity contribution is 5.92. The molecule has 3 heterocycles. The molecule has 1 aliphatic rings. The lowest BCUT2D eigenvalue weighted by Gasteiger charge is -2.14. The molecule has 2 aromatic carbocycles. The molecule has 5 rings (SSSR count). The number of carboxylic acids is 1. The van der Waals surface area contributed by atoms with Gasteiger partial charge < -0.3 is 19.9 Å². The van der Waals surface area contributed by atoms with E-state index in [1.807, 2.05) is 36.4 Å². The predicted molar refractivity (Wildman–Crippen MR) is 141 cm³/mol. The van der Waals surface area contributed by atoms with Gasteiger partial charge in [-0.05, 0) is 74.2 Å². The molecule has 4 aromatic rings. The first-order chi connectivity index (χ1) is 17.5. The van der Waals surface area contributed by atoms with Gasteiger partial charge in [-0.3, -0.25) is 4.79 Å². The zero-order valence-corrected chi connectivity index (χ0v) is 20.3. The first-order valence-corrected chi connectivity index (χ1v) is 12.3. The van der Waals surface area contributed by atoms with Gasteiger partial charge in [0.15, 0.2) is 5.65 Å². The Morgan fingerprint density at radius 2 is 1.72 bits per heavy atom. The maximum absolute atomic E-state index is 12.8. The Hall–Kier alpha value is -4.04. The second-order valence-corrected chi connectivity index (χ2v) is 9.12. The van der Waals surface area contributed by atoms with E-state index in [1.165, 1.54) is 43.9 Å². The van der Waals surface area contributed by atoms with E-state index in [2.05, 4.69) is 39.2 Å². The minimum Gasteiger partial charge on any atom is -0.477 e. The van der Waals surface area contributed by atoms with Crippen molar-refractivity contribution in [1.29, 1.82) is 0 Å². The lowest BCUT2D eigenvalue weighted by atomic mass is 10.1. The fourth-order valence-electron chi connectivity index (χ4n) is 4.59. The van der Waals surface area contributed by atoms with Crippen LogP contribution in [0.1, 0.15) is 41.3 Å². The van der Waals surface area contributed by atoms with E-state index in [9.17, 15) is 14.7 Å². The van der Waals surface area contributed by atoms with Gasteiger partial charge in [0.1, 0.15) is 5.56 Å². The van der Waals surface area contributed by atoms with Crippen LogP contribution in [-0.4, -0.2) is 50.1 Å². The molecule has 0 radical (unpaired) electrons. The van der Waals surface area contributed by atoms with E-state index < -0.39 is 11.4 Å². The number of carboxylic acid groups (broad SMARTS) is 1. The maximum Gasteiger partial charge on any atom is 0.341 e. The van der Waals surface area contributed by atoms with Crippen LogP contribution in [-0.2, 0) is 12.8 Å². The zero-order valence-electron chi connectivity index (χ0n) is 20.3. The number of likely N-dealkylation sites (tertiary alicyclic amines) is 1. The number of anilines is 2. The number of aromatic nitrogens is 3. The molecule has 0 spiro atoms. The third-order valence-corrected chi connectivity index (χ3v) is 6.72. The molecule has 0 unspecified atom stereocenters. The average Bonchev–Trinajstić information content (AvgIpc) is 3.42. The van der Waals surface area contributed by atoms with Crippen molar-refractivity contribution >= 4 is 28.6 Å². The van der Waals surface area contributed by atoms with E-state index >= 15 is 0 Å². The molecule has 0 saturated carbocycles. The van der Waals surface area contributed by atoms with E-state index in [-0.39, 0.29) is 10.9 Å². The van der Waals surface area contributed by atoms with Gasteiger partial charge in [-0.25, -0.2) is 9.78 Å². The third-order valence-electron chi connectivity index (χ3n) is 6.72. The molecule has 8 nitrogen and oxygen atoms in total. The summed E-state index contributed by atoms with van der Waals surface area (Å²) in [6, 6.07) is 15.9. The summed E-state index contributed by atoms with van der Waals surface area (Å²) in [4.78, 5) is 36.0. The van der Waals surface area contributed by atoms with E-state index in [0.29, 0.717) is 17.3 Å². The number of carbonyl (C=O) groups is 1. The number of hydrogen-bond donors (Lipinski definition) is 2. The van der Waals surface area contributed by atoms with E-state index in [1.54, 1.807) is 4.57 Å². The number of pyridine rings is 1. The number of nitrogens with one attached hydrogen (secondary N) is 1. The van der Waals surface area contributed by atoms with Crippen molar-refractivity contribution in [2.45, 2.75) is 32.6 Å². The first-order valence-electron chi connectivity index (χ1n) is 12.3. The lowest BCUT2D eigenvalue weighted by molar-refractivity contribution is 0.0695. The van der Waals surface area contributed by atoms with Crippen LogP contribution in [0, 0.1) is 0 Å². The highest BCUT2D eigenvalue weighted by Crippen LogP contribution is 2.20. The highest BCUT2D eigenvalue weighted by atomic mass is 16.4. The van der Waals surface area contributed by atoms with Gasteiger partial charge in [0.2, 0.25) is 11.4 Å². The van der Waals surface area contributed by atoms with Crippen LogP contribution < -0.4 is 10.7 Å². The van der Waals surface area contributed by atoms with Crippen molar-refractivity contribution in [3.63, 3.8) is 0 Å². The van der Waals surface area contributed by atoms with Crippen LogP contribution in [0.4, 0.5) is 11.6 Å². The molecular formula is C28H29N5O3. The minimum absolute atomic E-state index is 0.150. The molecular weight excluding hydrogens is 454 g/mol. The van der Waals surface area contributed by atoms with Crippen LogP contribution in [0.15, 0.2) is 65.7 Å². The summed E-state index contributed by atoms with van der Waals surface area (Å²) in [6.45, 7) is 5.54. The Bertz CT molecular complexity index is 1440. The first kappa shape index (κ1) is 23.7. The monoisotopic (exact) mass is 483 g/mol.